The fraction of sp³-hybridized carbons (Fsp3) is 0. The number of nitrogens with one attached hydrogen (secondary N) is 2. The van der Waals surface area contributed by atoms with Gasteiger partial charge in [0.1, 0.15) is 22.5 Å². The molecule has 0 saturated carbocycles. The first-order chi connectivity index (χ1) is 12.3. The van der Waals surface area contributed by atoms with E-state index < -0.39 is 0 Å². The summed E-state index contributed by atoms with van der Waals surface area (Å²) < 4.78 is 0. The van der Waals surface area contributed by atoms with Gasteiger partial charge in [0, 0.05) is 35.3 Å². The fourth-order valence-electron chi connectivity index (χ4n) is 2.95. The van der Waals surface area contributed by atoms with E-state index in [0.717, 1.165) is 45.4 Å². The maximum absolute atomic E-state index is 5.89. The average molecular weight is 347 g/mol. The first-order valence-electron chi connectivity index (χ1n) is 7.68. The molecule has 4 aromatic heterocycles. The first kappa shape index (κ1) is 14.1. The van der Waals surface area contributed by atoms with Crippen LogP contribution in [0.5, 0.6) is 0 Å². The molecule has 0 spiro atoms. The standard InChI is InChI=1S/C18H11ClN6/c19-14-4-3-10(8-22-14)17-24-15-11-5-7-20-9-13(11)23-18-12(16(15)25-17)2-1-6-21-18/h1-9H,(H,21,23)(H,24,25). The Morgan fingerprint density at radius 2 is 1.88 bits per heavy atom. The maximum atomic E-state index is 5.89. The molecule has 0 unspecified atom stereocenters. The van der Waals surface area contributed by atoms with Gasteiger partial charge in [-0.3, -0.25) is 4.98 Å². The van der Waals surface area contributed by atoms with Crippen LogP contribution in [-0.4, -0.2) is 24.9 Å². The van der Waals surface area contributed by atoms with Crippen LogP contribution in [0.15, 0.2) is 55.1 Å². The van der Waals surface area contributed by atoms with Crippen LogP contribution in [0.25, 0.3) is 33.9 Å². The Balaban J connectivity index is 1.79. The van der Waals surface area contributed by atoms with Gasteiger partial charge in [0.05, 0.1) is 17.6 Å². The Morgan fingerprint density at radius 3 is 2.76 bits per heavy atom. The third kappa shape index (κ3) is 2.27. The fourth-order valence-corrected chi connectivity index (χ4v) is 3.06. The summed E-state index contributed by atoms with van der Waals surface area (Å²) in [5.41, 5.74) is 5.42. The van der Waals surface area contributed by atoms with Crippen molar-refractivity contribution in [2.75, 3.05) is 5.32 Å². The highest BCUT2D eigenvalue weighted by Crippen LogP contribution is 2.42. The molecular weight excluding hydrogens is 336 g/mol. The van der Waals surface area contributed by atoms with Gasteiger partial charge in [0.15, 0.2) is 0 Å². The summed E-state index contributed by atoms with van der Waals surface area (Å²) >= 11 is 5.89. The Morgan fingerprint density at radius 1 is 0.920 bits per heavy atom. The number of aromatic amines is 1. The molecule has 1 aliphatic heterocycles. The molecule has 0 amide bonds. The van der Waals surface area contributed by atoms with Crippen molar-refractivity contribution in [2.45, 2.75) is 0 Å². The number of halogens is 1. The second-order valence-corrected chi connectivity index (χ2v) is 6.01. The molecule has 1 aliphatic rings. The second kappa shape index (κ2) is 5.39. The summed E-state index contributed by atoms with van der Waals surface area (Å²) in [7, 11) is 0. The minimum Gasteiger partial charge on any atom is -0.338 e. The van der Waals surface area contributed by atoms with Crippen LogP contribution in [0.1, 0.15) is 0 Å². The molecule has 5 heterocycles. The SMILES string of the molecule is Clc1ccc(-c2nc3c([nH]2)-c2ccncc2Nc2ncccc2-3)cn1. The zero-order valence-corrected chi connectivity index (χ0v) is 13.6. The predicted molar refractivity (Wildman–Crippen MR) is 96.6 cm³/mol. The number of rotatable bonds is 1. The quantitative estimate of drug-likeness (QED) is 0.442. The number of aromatic nitrogens is 5. The summed E-state index contributed by atoms with van der Waals surface area (Å²) in [6, 6.07) is 9.49. The van der Waals surface area contributed by atoms with Crippen molar-refractivity contribution in [3.8, 4) is 33.9 Å². The van der Waals surface area contributed by atoms with Crippen LogP contribution in [0.3, 0.4) is 0 Å². The minimum absolute atomic E-state index is 0.451. The molecule has 0 bridgehead atoms. The molecule has 2 N–H and O–H groups in total. The number of anilines is 2. The molecule has 7 heteroatoms. The van der Waals surface area contributed by atoms with Crippen molar-refractivity contribution in [1.29, 1.82) is 0 Å². The van der Waals surface area contributed by atoms with Crippen molar-refractivity contribution in [3.63, 3.8) is 0 Å². The van der Waals surface area contributed by atoms with Gasteiger partial charge in [-0.25, -0.2) is 15.0 Å². The summed E-state index contributed by atoms with van der Waals surface area (Å²) in [5, 5.41) is 3.79. The average Bonchev–Trinajstić information content (AvgIpc) is 3.03. The molecule has 0 fully saturated rings. The molecule has 4 aromatic rings. The van der Waals surface area contributed by atoms with Gasteiger partial charge >= 0.3 is 0 Å². The molecule has 0 atom stereocenters. The van der Waals surface area contributed by atoms with E-state index in [2.05, 4.69) is 25.3 Å². The van der Waals surface area contributed by atoms with E-state index in [1.54, 1.807) is 30.9 Å². The smallest absolute Gasteiger partial charge is 0.140 e. The zero-order chi connectivity index (χ0) is 16.8. The van der Waals surface area contributed by atoms with Crippen molar-refractivity contribution in [2.24, 2.45) is 0 Å². The lowest BCUT2D eigenvalue weighted by Crippen LogP contribution is -1.95. The lowest BCUT2D eigenvalue weighted by Gasteiger charge is -2.07. The number of hydrogen-bond acceptors (Lipinski definition) is 5. The Bertz CT molecular complexity index is 1020. The van der Waals surface area contributed by atoms with Gasteiger partial charge < -0.3 is 10.3 Å². The molecule has 25 heavy (non-hydrogen) atoms. The third-order valence-electron chi connectivity index (χ3n) is 4.11. The molecule has 120 valence electrons. The highest BCUT2D eigenvalue weighted by Gasteiger charge is 2.23. The van der Waals surface area contributed by atoms with Gasteiger partial charge in [0.2, 0.25) is 0 Å². The topological polar surface area (TPSA) is 79.4 Å². The lowest BCUT2D eigenvalue weighted by atomic mass is 10.1. The Labute approximate surface area is 148 Å². The van der Waals surface area contributed by atoms with Crippen LogP contribution in [0, 0.1) is 0 Å². The van der Waals surface area contributed by atoms with E-state index >= 15 is 0 Å². The van der Waals surface area contributed by atoms with Gasteiger partial charge in [-0.15, -0.1) is 0 Å². The van der Waals surface area contributed by atoms with Gasteiger partial charge in [-0.2, -0.15) is 0 Å². The zero-order valence-electron chi connectivity index (χ0n) is 12.9. The van der Waals surface area contributed by atoms with Crippen LogP contribution >= 0.6 is 11.6 Å². The van der Waals surface area contributed by atoms with E-state index in [9.17, 15) is 0 Å². The molecule has 5 rings (SSSR count). The molecule has 6 nitrogen and oxygen atoms in total. The number of hydrogen-bond donors (Lipinski definition) is 2. The maximum Gasteiger partial charge on any atom is 0.140 e. The normalized spacial score (nSPS) is 11.7. The van der Waals surface area contributed by atoms with Crippen LogP contribution in [0.2, 0.25) is 5.15 Å². The molecule has 0 aromatic carbocycles. The van der Waals surface area contributed by atoms with Crippen molar-refractivity contribution >= 4 is 23.1 Å². The monoisotopic (exact) mass is 346 g/mol. The highest BCUT2D eigenvalue weighted by atomic mass is 35.5. The predicted octanol–water partition coefficient (Wildman–Crippen LogP) is 4.31. The lowest BCUT2D eigenvalue weighted by molar-refractivity contribution is 1.25. The van der Waals surface area contributed by atoms with Crippen molar-refractivity contribution < 1.29 is 0 Å². The minimum atomic E-state index is 0.451. The van der Waals surface area contributed by atoms with Crippen LogP contribution in [-0.2, 0) is 0 Å². The van der Waals surface area contributed by atoms with E-state index in [1.807, 2.05) is 24.3 Å². The van der Waals surface area contributed by atoms with E-state index in [4.69, 9.17) is 16.6 Å². The van der Waals surface area contributed by atoms with E-state index in [1.165, 1.54) is 0 Å². The molecule has 0 radical (unpaired) electrons. The molecule has 0 aliphatic carbocycles. The third-order valence-corrected chi connectivity index (χ3v) is 4.33. The van der Waals surface area contributed by atoms with Crippen LogP contribution in [0.4, 0.5) is 11.5 Å². The van der Waals surface area contributed by atoms with Crippen molar-refractivity contribution in [1.82, 2.24) is 24.9 Å². The highest BCUT2D eigenvalue weighted by molar-refractivity contribution is 6.29. The molecule has 0 saturated heterocycles. The number of imidazole rings is 1. The first-order valence-corrected chi connectivity index (χ1v) is 8.06. The summed E-state index contributed by atoms with van der Waals surface area (Å²) in [6.07, 6.45) is 7.01. The van der Waals surface area contributed by atoms with Gasteiger partial charge in [-0.1, -0.05) is 11.6 Å². The number of pyridine rings is 3. The Kier molecular flexibility index (Phi) is 3.05. The largest absolute Gasteiger partial charge is 0.338 e. The summed E-state index contributed by atoms with van der Waals surface area (Å²) in [6.45, 7) is 0. The number of fused-ring (bicyclic) bond motifs is 5. The van der Waals surface area contributed by atoms with Crippen LogP contribution < -0.4 is 5.32 Å². The summed E-state index contributed by atoms with van der Waals surface area (Å²) in [5.74, 6) is 1.48. The second-order valence-electron chi connectivity index (χ2n) is 5.62. The van der Waals surface area contributed by atoms with Crippen molar-refractivity contribution in [3.05, 3.63) is 60.3 Å². The van der Waals surface area contributed by atoms with E-state index in [0.29, 0.717) is 5.15 Å². The molecular formula is C18H11ClN6. The number of nitrogens with zero attached hydrogens (tertiary/aromatic N) is 4. The Hall–Kier alpha value is -3.25. The van der Waals surface area contributed by atoms with Gasteiger partial charge in [-0.05, 0) is 30.3 Å². The summed E-state index contributed by atoms with van der Waals surface area (Å²) in [4.78, 5) is 21.0. The van der Waals surface area contributed by atoms with E-state index in [-0.39, 0.29) is 0 Å². The number of H-pyrrole nitrogens is 1. The van der Waals surface area contributed by atoms with Gasteiger partial charge in [0.25, 0.3) is 0 Å².